The van der Waals surface area contributed by atoms with Crippen LogP contribution in [0.4, 0.5) is 0 Å². The largest absolute Gasteiger partial charge is 0.318 e. The van der Waals surface area contributed by atoms with Crippen molar-refractivity contribution in [3.05, 3.63) is 0 Å². The van der Waals surface area contributed by atoms with E-state index in [1.807, 2.05) is 0 Å². The second kappa shape index (κ2) is 3.21. The summed E-state index contributed by atoms with van der Waals surface area (Å²) in [6.45, 7) is 0. The van der Waals surface area contributed by atoms with E-state index >= 15 is 0 Å². The van der Waals surface area contributed by atoms with Gasteiger partial charge in [-0.3, -0.25) is 0 Å². The molecule has 0 amide bonds. The highest BCUT2D eigenvalue weighted by atomic mass is 127. The molecule has 1 fully saturated rings. The highest BCUT2D eigenvalue weighted by molar-refractivity contribution is 14.1. The van der Waals surface area contributed by atoms with Crippen molar-refractivity contribution in [1.29, 1.82) is 0 Å². The van der Waals surface area contributed by atoms with Gasteiger partial charge in [-0.1, -0.05) is 6.42 Å². The summed E-state index contributed by atoms with van der Waals surface area (Å²) in [7, 11) is 6.95. The first kappa shape index (κ1) is 9.78. The van der Waals surface area contributed by atoms with E-state index in [9.17, 15) is 0 Å². The van der Waals surface area contributed by atoms with Gasteiger partial charge in [0.1, 0.15) is 3.55 Å². The zero-order valence-corrected chi connectivity index (χ0v) is 10.0. The molecule has 2 heteroatoms. The molecule has 0 aromatic rings. The Morgan fingerprint density at radius 1 is 1.00 bits per heavy atom. The Bertz CT molecular complexity index is 131. The van der Waals surface area contributed by atoms with Crippen molar-refractivity contribution in [2.45, 2.75) is 35.6 Å². The van der Waals surface area contributed by atoms with Crippen LogP contribution in [-0.4, -0.2) is 29.2 Å². The van der Waals surface area contributed by atoms with E-state index in [-0.39, 0.29) is 0 Å². The van der Waals surface area contributed by atoms with E-state index in [0.29, 0.717) is 3.55 Å². The maximum absolute atomic E-state index is 2.67. The van der Waals surface area contributed by atoms with Gasteiger partial charge in [-0.2, -0.15) is 0 Å². The molecule has 0 aromatic heterocycles. The van der Waals surface area contributed by atoms with Gasteiger partial charge in [-0.05, 0) is 35.4 Å². The standard InChI is InChI=1S/C9H19IN/c1-11(2,3)9(10)7-5-4-6-8-9/h4-8H2,1-3H3/q+1. The minimum atomic E-state index is 0.524. The van der Waals surface area contributed by atoms with Gasteiger partial charge in [-0.15, -0.1) is 0 Å². The second-order valence-electron chi connectivity index (χ2n) is 4.49. The molecule has 11 heavy (non-hydrogen) atoms. The molecular weight excluding hydrogens is 249 g/mol. The maximum Gasteiger partial charge on any atom is 0.148 e. The molecule has 66 valence electrons. The lowest BCUT2D eigenvalue weighted by molar-refractivity contribution is -0.903. The molecule has 0 aliphatic heterocycles. The highest BCUT2D eigenvalue weighted by Crippen LogP contribution is 2.40. The third-order valence-corrected chi connectivity index (χ3v) is 5.35. The molecular formula is C9H19IN+. The van der Waals surface area contributed by atoms with Crippen molar-refractivity contribution < 1.29 is 4.48 Å². The number of rotatable bonds is 1. The van der Waals surface area contributed by atoms with Crippen LogP contribution >= 0.6 is 22.6 Å². The SMILES string of the molecule is C[N+](C)(C)C1(I)CCCCC1. The molecule has 0 bridgehead atoms. The summed E-state index contributed by atoms with van der Waals surface area (Å²) in [5.74, 6) is 0. The minimum Gasteiger partial charge on any atom is -0.318 e. The van der Waals surface area contributed by atoms with Crippen molar-refractivity contribution in [1.82, 2.24) is 0 Å². The monoisotopic (exact) mass is 268 g/mol. The fourth-order valence-electron chi connectivity index (χ4n) is 1.76. The predicted molar refractivity (Wildman–Crippen MR) is 57.9 cm³/mol. The summed E-state index contributed by atoms with van der Waals surface area (Å²) in [6.07, 6.45) is 7.11. The van der Waals surface area contributed by atoms with Gasteiger partial charge in [0.25, 0.3) is 0 Å². The summed E-state index contributed by atoms with van der Waals surface area (Å²) in [6, 6.07) is 0. The van der Waals surface area contributed by atoms with Crippen LogP contribution in [-0.2, 0) is 0 Å². The molecule has 0 radical (unpaired) electrons. The molecule has 0 unspecified atom stereocenters. The highest BCUT2D eigenvalue weighted by Gasteiger charge is 2.40. The van der Waals surface area contributed by atoms with Crippen LogP contribution in [0.15, 0.2) is 0 Å². The zero-order chi connectivity index (χ0) is 8.54. The number of alkyl halides is 1. The first-order valence-electron chi connectivity index (χ1n) is 4.46. The normalized spacial score (nSPS) is 25.1. The molecule has 0 spiro atoms. The maximum atomic E-state index is 2.67. The van der Waals surface area contributed by atoms with E-state index < -0.39 is 0 Å². The van der Waals surface area contributed by atoms with Crippen LogP contribution in [0.5, 0.6) is 0 Å². The van der Waals surface area contributed by atoms with Crippen molar-refractivity contribution in [2.75, 3.05) is 21.1 Å². The fraction of sp³-hybridized carbons (Fsp3) is 1.00. The van der Waals surface area contributed by atoms with Crippen molar-refractivity contribution >= 4 is 22.6 Å². The summed E-state index contributed by atoms with van der Waals surface area (Å²) < 4.78 is 1.64. The van der Waals surface area contributed by atoms with Crippen LogP contribution in [0.1, 0.15) is 32.1 Å². The molecule has 0 saturated heterocycles. The van der Waals surface area contributed by atoms with Gasteiger partial charge in [0, 0.05) is 12.8 Å². The number of quaternary nitrogens is 1. The van der Waals surface area contributed by atoms with Gasteiger partial charge in [0.15, 0.2) is 0 Å². The first-order chi connectivity index (χ1) is 4.96. The molecule has 1 saturated carbocycles. The van der Waals surface area contributed by atoms with Gasteiger partial charge < -0.3 is 4.48 Å². The van der Waals surface area contributed by atoms with Crippen LogP contribution in [0.25, 0.3) is 0 Å². The third kappa shape index (κ3) is 2.08. The average molecular weight is 268 g/mol. The van der Waals surface area contributed by atoms with Crippen molar-refractivity contribution in [3.63, 3.8) is 0 Å². The summed E-state index contributed by atoms with van der Waals surface area (Å²) >= 11 is 2.67. The van der Waals surface area contributed by atoms with Gasteiger partial charge in [0.05, 0.1) is 21.1 Å². The molecule has 1 nitrogen and oxygen atoms in total. The van der Waals surface area contributed by atoms with E-state index in [1.54, 1.807) is 0 Å². The molecule has 1 rings (SSSR count). The Morgan fingerprint density at radius 2 is 1.45 bits per heavy atom. The number of nitrogens with zero attached hydrogens (tertiary/aromatic N) is 1. The minimum absolute atomic E-state index is 0.524. The Morgan fingerprint density at radius 3 is 1.73 bits per heavy atom. The summed E-state index contributed by atoms with van der Waals surface area (Å²) in [5.41, 5.74) is 0. The number of halogens is 1. The van der Waals surface area contributed by atoms with E-state index in [2.05, 4.69) is 43.7 Å². The smallest absolute Gasteiger partial charge is 0.148 e. The Hall–Kier alpha value is 0.690. The average Bonchev–Trinajstić information content (AvgIpc) is 1.87. The van der Waals surface area contributed by atoms with Crippen molar-refractivity contribution in [2.24, 2.45) is 0 Å². The first-order valence-corrected chi connectivity index (χ1v) is 5.54. The molecule has 0 atom stereocenters. The lowest BCUT2D eigenvalue weighted by Crippen LogP contribution is -2.53. The van der Waals surface area contributed by atoms with E-state index in [0.717, 1.165) is 4.48 Å². The van der Waals surface area contributed by atoms with Crippen LogP contribution in [0.2, 0.25) is 0 Å². The zero-order valence-electron chi connectivity index (χ0n) is 7.86. The fourth-order valence-corrected chi connectivity index (χ4v) is 2.53. The van der Waals surface area contributed by atoms with Crippen LogP contribution < -0.4 is 0 Å². The van der Waals surface area contributed by atoms with Crippen LogP contribution in [0, 0.1) is 0 Å². The number of hydrogen-bond donors (Lipinski definition) is 0. The molecule has 1 aliphatic rings. The Balaban J connectivity index is 2.64. The quantitative estimate of drug-likeness (QED) is 0.297. The molecule has 0 N–H and O–H groups in total. The number of hydrogen-bond acceptors (Lipinski definition) is 0. The van der Waals surface area contributed by atoms with Gasteiger partial charge in [0.2, 0.25) is 0 Å². The predicted octanol–water partition coefficient (Wildman–Crippen LogP) is 2.79. The van der Waals surface area contributed by atoms with Gasteiger partial charge in [-0.25, -0.2) is 0 Å². The Kier molecular flexibility index (Phi) is 2.85. The molecule has 0 heterocycles. The van der Waals surface area contributed by atoms with E-state index in [4.69, 9.17) is 0 Å². The topological polar surface area (TPSA) is 0 Å². The lowest BCUT2D eigenvalue weighted by atomic mass is 9.93. The summed E-state index contributed by atoms with van der Waals surface area (Å²) in [5, 5.41) is 0. The van der Waals surface area contributed by atoms with Gasteiger partial charge >= 0.3 is 0 Å². The molecule has 1 aliphatic carbocycles. The Labute approximate surface area is 83.9 Å². The summed E-state index contributed by atoms with van der Waals surface area (Å²) in [4.78, 5) is 0. The van der Waals surface area contributed by atoms with E-state index in [1.165, 1.54) is 32.1 Å². The molecule has 0 aromatic carbocycles. The third-order valence-electron chi connectivity index (χ3n) is 2.82. The van der Waals surface area contributed by atoms with Crippen molar-refractivity contribution in [3.8, 4) is 0 Å². The van der Waals surface area contributed by atoms with Crippen LogP contribution in [0.3, 0.4) is 0 Å². The lowest BCUT2D eigenvalue weighted by Gasteiger charge is -2.44. The second-order valence-corrected chi connectivity index (χ2v) is 6.50.